The zero-order chi connectivity index (χ0) is 9.56. The topological polar surface area (TPSA) is 104 Å². The number of hydrogen-bond donors (Lipinski definition) is 3. The van der Waals surface area contributed by atoms with E-state index in [1.165, 1.54) is 12.2 Å². The van der Waals surface area contributed by atoms with Crippen LogP contribution in [0.1, 0.15) is 6.92 Å². The molecule has 12 heavy (non-hydrogen) atoms. The van der Waals surface area contributed by atoms with Gasteiger partial charge in [0.2, 0.25) is 0 Å². The summed E-state index contributed by atoms with van der Waals surface area (Å²) in [4.78, 5) is 10.8. The van der Waals surface area contributed by atoms with Crippen molar-refractivity contribution in [2.45, 2.75) is 6.92 Å². The molecule has 0 aromatic heterocycles. The van der Waals surface area contributed by atoms with Crippen LogP contribution in [0.3, 0.4) is 0 Å². The molecule has 0 aromatic rings. The molecular weight excluding hydrogens is 158 g/mol. The Morgan fingerprint density at radius 3 is 2.33 bits per heavy atom. The summed E-state index contributed by atoms with van der Waals surface area (Å²) in [5.74, 6) is -0.489. The first-order valence-corrected chi connectivity index (χ1v) is 3.43. The van der Waals surface area contributed by atoms with Crippen molar-refractivity contribution in [1.29, 1.82) is 0 Å². The van der Waals surface area contributed by atoms with E-state index in [1.54, 1.807) is 6.92 Å². The predicted octanol–water partition coefficient (Wildman–Crippen LogP) is -0.849. The van der Waals surface area contributed by atoms with Crippen molar-refractivity contribution in [1.82, 2.24) is 0 Å². The fraction of sp³-hybridized carbons (Fsp3) is 0.286. The fourth-order valence-corrected chi connectivity index (χ4v) is 0.468. The molecule has 0 aromatic carbocycles. The summed E-state index contributed by atoms with van der Waals surface area (Å²) in [5.41, 5.74) is 15.5. The van der Waals surface area contributed by atoms with E-state index in [1.807, 2.05) is 0 Å². The van der Waals surface area contributed by atoms with Crippen LogP contribution in [0.5, 0.6) is 0 Å². The first-order valence-electron chi connectivity index (χ1n) is 3.43. The van der Waals surface area contributed by atoms with Crippen LogP contribution in [0.25, 0.3) is 0 Å². The van der Waals surface area contributed by atoms with Crippen molar-refractivity contribution in [2.24, 2.45) is 17.2 Å². The summed E-state index contributed by atoms with van der Waals surface area (Å²) in [7, 11) is 0. The minimum atomic E-state index is -0.574. The molecule has 0 amide bonds. The molecule has 0 spiro atoms. The number of carbonyl (C=O) groups is 1. The molecule has 0 saturated carbocycles. The van der Waals surface area contributed by atoms with Gasteiger partial charge in [-0.1, -0.05) is 0 Å². The normalized spacial score (nSPS) is 10.6. The lowest BCUT2D eigenvalue weighted by molar-refractivity contribution is -0.138. The maximum atomic E-state index is 10.8. The fourth-order valence-electron chi connectivity index (χ4n) is 0.468. The molecule has 0 saturated heterocycles. The number of carbonyl (C=O) groups excluding carboxylic acids is 1. The zero-order valence-electron chi connectivity index (χ0n) is 6.91. The van der Waals surface area contributed by atoms with Crippen molar-refractivity contribution in [2.75, 3.05) is 6.61 Å². The molecule has 68 valence electrons. The van der Waals surface area contributed by atoms with Gasteiger partial charge >= 0.3 is 5.97 Å². The van der Waals surface area contributed by atoms with Crippen LogP contribution < -0.4 is 17.2 Å². The highest BCUT2D eigenvalue weighted by Crippen LogP contribution is 1.90. The van der Waals surface area contributed by atoms with Gasteiger partial charge < -0.3 is 21.9 Å². The van der Waals surface area contributed by atoms with Crippen LogP contribution in [0.4, 0.5) is 0 Å². The SMILES string of the molecule is CCOC(=O)/C(N)=C/C=C(N)N. The summed E-state index contributed by atoms with van der Waals surface area (Å²) in [6, 6.07) is 0. The summed E-state index contributed by atoms with van der Waals surface area (Å²) in [5, 5.41) is 0. The highest BCUT2D eigenvalue weighted by atomic mass is 16.5. The van der Waals surface area contributed by atoms with Crippen LogP contribution in [-0.2, 0) is 9.53 Å². The lowest BCUT2D eigenvalue weighted by Gasteiger charge is -1.99. The number of hydrogen-bond acceptors (Lipinski definition) is 5. The summed E-state index contributed by atoms with van der Waals surface area (Å²) < 4.78 is 4.59. The quantitative estimate of drug-likeness (QED) is 0.291. The summed E-state index contributed by atoms with van der Waals surface area (Å²) in [6.07, 6.45) is 2.62. The highest BCUT2D eigenvalue weighted by molar-refractivity contribution is 5.87. The third-order valence-electron chi connectivity index (χ3n) is 0.966. The smallest absolute Gasteiger partial charge is 0.354 e. The van der Waals surface area contributed by atoms with Crippen LogP contribution in [0.2, 0.25) is 0 Å². The molecule has 0 rings (SSSR count). The largest absolute Gasteiger partial charge is 0.461 e. The Hall–Kier alpha value is -1.65. The van der Waals surface area contributed by atoms with Gasteiger partial charge in [-0.05, 0) is 19.1 Å². The van der Waals surface area contributed by atoms with Gasteiger partial charge in [-0.2, -0.15) is 0 Å². The van der Waals surface area contributed by atoms with Crippen molar-refractivity contribution in [3.8, 4) is 0 Å². The number of rotatable bonds is 3. The van der Waals surface area contributed by atoms with Crippen LogP contribution >= 0.6 is 0 Å². The predicted molar refractivity (Wildman–Crippen MR) is 45.4 cm³/mol. The molecule has 5 nitrogen and oxygen atoms in total. The van der Waals surface area contributed by atoms with Crippen molar-refractivity contribution < 1.29 is 9.53 Å². The molecule has 0 aliphatic rings. The van der Waals surface area contributed by atoms with E-state index in [4.69, 9.17) is 17.2 Å². The Morgan fingerprint density at radius 2 is 1.92 bits per heavy atom. The average Bonchev–Trinajstić information content (AvgIpc) is 2.00. The Balaban J connectivity index is 4.18. The minimum absolute atomic E-state index is 0.0229. The van der Waals surface area contributed by atoms with E-state index in [0.29, 0.717) is 0 Å². The molecule has 0 unspecified atom stereocenters. The standard InChI is InChI=1S/C7H13N3O2/c1-2-12-7(11)5(8)3-4-6(9)10/h3-4H,2,8-10H2,1H3/b5-3-. The monoisotopic (exact) mass is 171 g/mol. The van der Waals surface area contributed by atoms with Gasteiger partial charge in [0.15, 0.2) is 0 Å². The van der Waals surface area contributed by atoms with E-state index in [9.17, 15) is 4.79 Å². The average molecular weight is 171 g/mol. The molecule has 0 fully saturated rings. The second-order valence-electron chi connectivity index (χ2n) is 2.01. The van der Waals surface area contributed by atoms with Gasteiger partial charge in [0.25, 0.3) is 0 Å². The van der Waals surface area contributed by atoms with Crippen molar-refractivity contribution in [3.05, 3.63) is 23.7 Å². The van der Waals surface area contributed by atoms with Gasteiger partial charge in [-0.25, -0.2) is 4.79 Å². The number of nitrogens with two attached hydrogens (primary N) is 3. The molecule has 6 N–H and O–H groups in total. The zero-order valence-corrected chi connectivity index (χ0v) is 6.91. The van der Waals surface area contributed by atoms with Crippen LogP contribution in [-0.4, -0.2) is 12.6 Å². The molecule has 0 bridgehead atoms. The maximum Gasteiger partial charge on any atom is 0.354 e. The second kappa shape index (κ2) is 5.06. The highest BCUT2D eigenvalue weighted by Gasteiger charge is 2.02. The first-order chi connectivity index (χ1) is 5.57. The molecular formula is C7H13N3O2. The number of esters is 1. The van der Waals surface area contributed by atoms with E-state index in [0.717, 1.165) is 0 Å². The minimum Gasteiger partial charge on any atom is -0.461 e. The molecule has 0 atom stereocenters. The van der Waals surface area contributed by atoms with E-state index < -0.39 is 5.97 Å². The third kappa shape index (κ3) is 4.21. The van der Waals surface area contributed by atoms with Crippen molar-refractivity contribution in [3.63, 3.8) is 0 Å². The van der Waals surface area contributed by atoms with E-state index >= 15 is 0 Å². The molecule has 0 aliphatic carbocycles. The van der Waals surface area contributed by atoms with Crippen LogP contribution in [0, 0.1) is 0 Å². The van der Waals surface area contributed by atoms with Gasteiger partial charge in [0, 0.05) is 0 Å². The molecule has 0 aliphatic heterocycles. The number of ether oxygens (including phenoxy) is 1. The van der Waals surface area contributed by atoms with Crippen LogP contribution in [0.15, 0.2) is 23.7 Å². The Kier molecular flexibility index (Phi) is 4.36. The second-order valence-corrected chi connectivity index (χ2v) is 2.01. The summed E-state index contributed by atoms with van der Waals surface area (Å²) >= 11 is 0. The maximum absolute atomic E-state index is 10.8. The van der Waals surface area contributed by atoms with Gasteiger partial charge in [-0.3, -0.25) is 0 Å². The van der Waals surface area contributed by atoms with Gasteiger partial charge in [0.1, 0.15) is 5.70 Å². The van der Waals surface area contributed by atoms with Gasteiger partial charge in [0.05, 0.1) is 12.4 Å². The van der Waals surface area contributed by atoms with Gasteiger partial charge in [-0.15, -0.1) is 0 Å². The molecule has 5 heteroatoms. The molecule has 0 radical (unpaired) electrons. The van der Waals surface area contributed by atoms with E-state index in [-0.39, 0.29) is 18.1 Å². The summed E-state index contributed by atoms with van der Waals surface area (Å²) in [6.45, 7) is 1.98. The van der Waals surface area contributed by atoms with E-state index in [2.05, 4.69) is 4.74 Å². The first kappa shape index (κ1) is 10.3. The van der Waals surface area contributed by atoms with Crippen molar-refractivity contribution >= 4 is 5.97 Å². The molecule has 0 heterocycles. The number of allylic oxidation sites excluding steroid dienone is 2. The Morgan fingerprint density at radius 1 is 1.33 bits per heavy atom. The lowest BCUT2D eigenvalue weighted by Crippen LogP contribution is -2.15. The third-order valence-corrected chi connectivity index (χ3v) is 0.966. The lowest BCUT2D eigenvalue weighted by atomic mass is 10.4. The Bertz CT molecular complexity index is 217. The Labute approximate surface area is 70.8 Å².